The van der Waals surface area contributed by atoms with E-state index in [1.165, 1.54) is 42.3 Å². The van der Waals surface area contributed by atoms with Gasteiger partial charge in [-0.25, -0.2) is 14.6 Å². The number of benzene rings is 1. The Hall–Kier alpha value is -3.01. The molecule has 0 bridgehead atoms. The van der Waals surface area contributed by atoms with E-state index in [1.54, 1.807) is 11.3 Å². The van der Waals surface area contributed by atoms with E-state index >= 15 is 0 Å². The first kappa shape index (κ1) is 22.7. The largest absolute Gasteiger partial charge is 0.478 e. The van der Waals surface area contributed by atoms with Crippen molar-refractivity contribution in [3.63, 3.8) is 0 Å². The smallest absolute Gasteiger partial charge is 0.328 e. The Balaban J connectivity index is 0.000000293. The highest BCUT2D eigenvalue weighted by Crippen LogP contribution is 2.28. The van der Waals surface area contributed by atoms with Crippen LogP contribution in [-0.4, -0.2) is 81.1 Å². The van der Waals surface area contributed by atoms with Crippen LogP contribution in [0.5, 0.6) is 0 Å². The van der Waals surface area contributed by atoms with Crippen LogP contribution in [0.4, 0.5) is 0 Å². The molecule has 3 heterocycles. The van der Waals surface area contributed by atoms with E-state index in [1.807, 2.05) is 0 Å². The number of fused-ring (bicyclic) bond motifs is 1. The summed E-state index contributed by atoms with van der Waals surface area (Å²) in [5, 5.41) is 15.6. The molecule has 1 aliphatic heterocycles. The standard InChI is InChI=1S/C18H22N4S.C4H4O4/c1-20-9-11-21(12-10-20)8-7-16-13-22-14-17(23-18(22)19-16)15-5-3-2-4-6-15;5-3(6)1-2-4(7)8/h2-6,13-14H,7-12H2,1H3;1-2H,(H,5,6)(H,7,8). The summed E-state index contributed by atoms with van der Waals surface area (Å²) in [6, 6.07) is 10.5. The molecule has 164 valence electrons. The second kappa shape index (κ2) is 10.9. The molecule has 0 aliphatic carbocycles. The molecule has 1 saturated heterocycles. The summed E-state index contributed by atoms with van der Waals surface area (Å²) >= 11 is 1.76. The van der Waals surface area contributed by atoms with Crippen molar-refractivity contribution in [2.45, 2.75) is 6.42 Å². The summed E-state index contributed by atoms with van der Waals surface area (Å²) in [5.41, 5.74) is 2.47. The molecule has 0 atom stereocenters. The zero-order valence-electron chi connectivity index (χ0n) is 17.3. The van der Waals surface area contributed by atoms with Crippen molar-refractivity contribution in [1.29, 1.82) is 0 Å². The van der Waals surface area contributed by atoms with Crippen LogP contribution in [0.25, 0.3) is 15.4 Å². The normalized spacial score (nSPS) is 15.1. The Morgan fingerprint density at radius 1 is 1.03 bits per heavy atom. The molecule has 0 radical (unpaired) electrons. The molecule has 0 saturated carbocycles. The van der Waals surface area contributed by atoms with Crippen molar-refractivity contribution in [3.8, 4) is 10.4 Å². The first-order valence-corrected chi connectivity index (χ1v) is 10.8. The van der Waals surface area contributed by atoms with Gasteiger partial charge in [0.1, 0.15) is 0 Å². The number of imidazole rings is 1. The molecular weight excluding hydrogens is 416 g/mol. The highest BCUT2D eigenvalue weighted by molar-refractivity contribution is 7.20. The highest BCUT2D eigenvalue weighted by Gasteiger charge is 2.14. The van der Waals surface area contributed by atoms with Crippen LogP contribution in [0, 0.1) is 0 Å². The fourth-order valence-electron chi connectivity index (χ4n) is 3.19. The summed E-state index contributed by atoms with van der Waals surface area (Å²) in [4.78, 5) is 31.2. The van der Waals surface area contributed by atoms with Crippen molar-refractivity contribution >= 4 is 28.2 Å². The Bertz CT molecular complexity index is 989. The van der Waals surface area contributed by atoms with Crippen LogP contribution in [0.1, 0.15) is 5.69 Å². The number of aliphatic carboxylic acids is 2. The highest BCUT2D eigenvalue weighted by atomic mass is 32.1. The predicted molar refractivity (Wildman–Crippen MR) is 121 cm³/mol. The van der Waals surface area contributed by atoms with Gasteiger partial charge in [0.05, 0.1) is 10.6 Å². The maximum absolute atomic E-state index is 9.55. The van der Waals surface area contributed by atoms with Crippen molar-refractivity contribution in [2.24, 2.45) is 0 Å². The number of hydrogen-bond acceptors (Lipinski definition) is 6. The third-order valence-corrected chi connectivity index (χ3v) is 5.96. The quantitative estimate of drug-likeness (QED) is 0.566. The first-order valence-electron chi connectivity index (χ1n) is 9.98. The molecular formula is C22H26N4O4S. The number of carboxylic acid groups (broad SMARTS) is 2. The monoisotopic (exact) mass is 442 g/mol. The third-order valence-electron chi connectivity index (χ3n) is 4.91. The molecule has 2 aromatic heterocycles. The van der Waals surface area contributed by atoms with E-state index in [4.69, 9.17) is 15.2 Å². The molecule has 1 fully saturated rings. The summed E-state index contributed by atoms with van der Waals surface area (Å²) < 4.78 is 2.17. The van der Waals surface area contributed by atoms with Crippen molar-refractivity contribution < 1.29 is 19.8 Å². The van der Waals surface area contributed by atoms with Gasteiger partial charge in [0.2, 0.25) is 0 Å². The van der Waals surface area contributed by atoms with Gasteiger partial charge in [0.15, 0.2) is 4.96 Å². The number of thiazole rings is 1. The van der Waals surface area contributed by atoms with Crippen molar-refractivity contribution in [1.82, 2.24) is 19.2 Å². The van der Waals surface area contributed by atoms with E-state index in [-0.39, 0.29) is 0 Å². The average molecular weight is 443 g/mol. The second-order valence-corrected chi connectivity index (χ2v) is 8.30. The fraction of sp³-hybridized carbons (Fsp3) is 0.318. The van der Waals surface area contributed by atoms with Crippen LogP contribution in [0.2, 0.25) is 0 Å². The zero-order valence-corrected chi connectivity index (χ0v) is 18.2. The Morgan fingerprint density at radius 2 is 1.68 bits per heavy atom. The van der Waals surface area contributed by atoms with Crippen LogP contribution < -0.4 is 0 Å². The molecule has 0 spiro atoms. The van der Waals surface area contributed by atoms with E-state index in [2.05, 4.69) is 64.0 Å². The van der Waals surface area contributed by atoms with E-state index in [0.717, 1.165) is 17.9 Å². The van der Waals surface area contributed by atoms with Crippen molar-refractivity contribution in [2.75, 3.05) is 39.8 Å². The molecule has 2 N–H and O–H groups in total. The molecule has 31 heavy (non-hydrogen) atoms. The molecule has 8 nitrogen and oxygen atoms in total. The summed E-state index contributed by atoms with van der Waals surface area (Å²) in [6.07, 6.45) is 6.54. The number of likely N-dealkylation sites (N-methyl/N-ethyl adjacent to an activating group) is 1. The zero-order chi connectivity index (χ0) is 22.2. The van der Waals surface area contributed by atoms with E-state index < -0.39 is 11.9 Å². The lowest BCUT2D eigenvalue weighted by atomic mass is 10.2. The van der Waals surface area contributed by atoms with Gasteiger partial charge in [0.25, 0.3) is 0 Å². The average Bonchev–Trinajstić information content (AvgIpc) is 3.32. The molecule has 0 amide bonds. The minimum Gasteiger partial charge on any atom is -0.478 e. The molecule has 3 aromatic rings. The van der Waals surface area contributed by atoms with E-state index in [0.29, 0.717) is 12.2 Å². The number of carboxylic acids is 2. The maximum Gasteiger partial charge on any atom is 0.328 e. The Kier molecular flexibility index (Phi) is 7.94. The van der Waals surface area contributed by atoms with Gasteiger partial charge in [0, 0.05) is 63.7 Å². The van der Waals surface area contributed by atoms with Crippen LogP contribution >= 0.6 is 11.3 Å². The number of carbonyl (C=O) groups is 2. The molecule has 0 unspecified atom stereocenters. The van der Waals surface area contributed by atoms with Gasteiger partial charge in [-0.2, -0.15) is 0 Å². The van der Waals surface area contributed by atoms with Gasteiger partial charge in [-0.05, 0) is 12.6 Å². The van der Waals surface area contributed by atoms with Crippen molar-refractivity contribution in [3.05, 3.63) is 60.6 Å². The van der Waals surface area contributed by atoms with Gasteiger partial charge in [-0.1, -0.05) is 41.7 Å². The van der Waals surface area contributed by atoms with E-state index in [9.17, 15) is 9.59 Å². The predicted octanol–water partition coefficient (Wildman–Crippen LogP) is 2.56. The molecule has 9 heteroatoms. The van der Waals surface area contributed by atoms with Crippen LogP contribution in [0.3, 0.4) is 0 Å². The van der Waals surface area contributed by atoms with Gasteiger partial charge in [-0.15, -0.1) is 0 Å². The van der Waals surface area contributed by atoms with Gasteiger partial charge < -0.3 is 20.0 Å². The molecule has 4 rings (SSSR count). The number of hydrogen-bond donors (Lipinski definition) is 2. The lowest BCUT2D eigenvalue weighted by molar-refractivity contribution is -0.134. The van der Waals surface area contributed by atoms with Gasteiger partial charge in [-0.3, -0.25) is 4.40 Å². The molecule has 1 aliphatic rings. The third kappa shape index (κ3) is 7.02. The maximum atomic E-state index is 9.55. The summed E-state index contributed by atoms with van der Waals surface area (Å²) in [7, 11) is 2.20. The minimum absolute atomic E-state index is 0.558. The Morgan fingerprint density at radius 3 is 2.26 bits per heavy atom. The number of piperazine rings is 1. The van der Waals surface area contributed by atoms with Crippen LogP contribution in [0.15, 0.2) is 54.9 Å². The Labute approximate surface area is 184 Å². The van der Waals surface area contributed by atoms with Crippen LogP contribution in [-0.2, 0) is 16.0 Å². The first-order chi connectivity index (χ1) is 14.9. The summed E-state index contributed by atoms with van der Waals surface area (Å²) in [5.74, 6) is -2.51. The lowest BCUT2D eigenvalue weighted by Gasteiger charge is -2.32. The lowest BCUT2D eigenvalue weighted by Crippen LogP contribution is -2.45. The second-order valence-electron chi connectivity index (χ2n) is 7.29. The SMILES string of the molecule is CN1CCN(CCc2cn3cc(-c4ccccc4)sc3n2)CC1.O=C(O)C=CC(=O)O. The number of rotatable bonds is 6. The summed E-state index contributed by atoms with van der Waals surface area (Å²) in [6.45, 7) is 5.83. The fourth-order valence-corrected chi connectivity index (χ4v) is 4.18. The number of nitrogens with zero attached hydrogens (tertiary/aromatic N) is 4. The molecule has 1 aromatic carbocycles. The van der Waals surface area contributed by atoms with Gasteiger partial charge >= 0.3 is 11.9 Å². The minimum atomic E-state index is -1.26. The number of aromatic nitrogens is 2. The topological polar surface area (TPSA) is 98.4 Å².